The van der Waals surface area contributed by atoms with E-state index in [4.69, 9.17) is 9.47 Å². The van der Waals surface area contributed by atoms with Crippen molar-refractivity contribution in [2.45, 2.75) is 45.1 Å². The number of hydrogen-bond donors (Lipinski definition) is 0. The third kappa shape index (κ3) is 3.95. The average Bonchev–Trinajstić information content (AvgIpc) is 3.00. The number of rotatable bonds is 6. The number of carbonyl (C=O) groups excluding carboxylic acids is 3. The molecule has 1 saturated carbocycles. The van der Waals surface area contributed by atoms with Crippen LogP contribution in [0.25, 0.3) is 0 Å². The zero-order valence-corrected chi connectivity index (χ0v) is 16.8. The molecule has 1 aromatic carbocycles. The van der Waals surface area contributed by atoms with E-state index in [1.165, 1.54) is 4.90 Å². The van der Waals surface area contributed by atoms with Crippen LogP contribution in [-0.2, 0) is 14.4 Å². The number of likely N-dealkylation sites (N-methyl/N-ethyl adjacent to an activating group) is 1. The highest BCUT2D eigenvalue weighted by Gasteiger charge is 2.47. The number of amides is 3. The number of imide groups is 1. The largest absolute Gasteiger partial charge is 0.486 e. The van der Waals surface area contributed by atoms with Crippen LogP contribution in [0.3, 0.4) is 0 Å². The third-order valence-electron chi connectivity index (χ3n) is 6.21. The van der Waals surface area contributed by atoms with Gasteiger partial charge in [0.15, 0.2) is 17.6 Å². The highest BCUT2D eigenvalue weighted by Crippen LogP contribution is 2.38. The number of nitrogens with zero attached hydrogens (tertiary/aromatic N) is 2. The molecule has 1 saturated heterocycles. The minimum Gasteiger partial charge on any atom is -0.486 e. The van der Waals surface area contributed by atoms with E-state index in [1.807, 2.05) is 31.2 Å². The fourth-order valence-corrected chi connectivity index (χ4v) is 4.62. The van der Waals surface area contributed by atoms with Gasteiger partial charge < -0.3 is 14.4 Å². The maximum Gasteiger partial charge on any atom is 0.233 e. The summed E-state index contributed by atoms with van der Waals surface area (Å²) in [5.74, 6) is 0.814. The SMILES string of the molecule is CCN(CC1COc2ccccc2O1)C(=O)CCN1C(=O)C2CCCCC2C1=O. The molecule has 2 heterocycles. The molecule has 0 spiro atoms. The smallest absolute Gasteiger partial charge is 0.233 e. The first kappa shape index (κ1) is 19.7. The van der Waals surface area contributed by atoms with Crippen molar-refractivity contribution in [1.82, 2.24) is 9.80 Å². The summed E-state index contributed by atoms with van der Waals surface area (Å²) >= 11 is 0. The molecule has 29 heavy (non-hydrogen) atoms. The minimum absolute atomic E-state index is 0.0783. The second-order valence-corrected chi connectivity index (χ2v) is 8.01. The predicted molar refractivity (Wildman–Crippen MR) is 105 cm³/mol. The summed E-state index contributed by atoms with van der Waals surface area (Å²) in [4.78, 5) is 40.9. The highest BCUT2D eigenvalue weighted by molar-refractivity contribution is 6.05. The van der Waals surface area contributed by atoms with Crippen LogP contribution in [0.1, 0.15) is 39.0 Å². The molecule has 0 N–H and O–H groups in total. The number of fused-ring (bicyclic) bond motifs is 2. The molecule has 0 radical (unpaired) electrons. The van der Waals surface area contributed by atoms with Crippen molar-refractivity contribution in [1.29, 1.82) is 0 Å². The predicted octanol–water partition coefficient (Wildman–Crippen LogP) is 2.24. The standard InChI is InChI=1S/C22H28N2O5/c1-2-23(13-15-14-28-18-9-5-6-10-19(18)29-15)20(25)11-12-24-21(26)16-7-3-4-8-17(16)22(24)27/h5-6,9-10,15-17H,2-4,7-8,11-14H2,1H3. The number of para-hydroxylation sites is 2. The Morgan fingerprint density at radius 2 is 1.76 bits per heavy atom. The van der Waals surface area contributed by atoms with Gasteiger partial charge in [-0.2, -0.15) is 0 Å². The van der Waals surface area contributed by atoms with Crippen LogP contribution in [0.15, 0.2) is 24.3 Å². The Hall–Kier alpha value is -2.57. The Morgan fingerprint density at radius 1 is 1.10 bits per heavy atom. The third-order valence-corrected chi connectivity index (χ3v) is 6.21. The van der Waals surface area contributed by atoms with Crippen LogP contribution in [0.5, 0.6) is 11.5 Å². The molecular formula is C22H28N2O5. The lowest BCUT2D eigenvalue weighted by Gasteiger charge is -2.31. The van der Waals surface area contributed by atoms with Crippen LogP contribution in [0, 0.1) is 11.8 Å². The van der Waals surface area contributed by atoms with E-state index in [-0.39, 0.29) is 48.6 Å². The molecule has 1 aliphatic carbocycles. The van der Waals surface area contributed by atoms with E-state index in [9.17, 15) is 14.4 Å². The first-order valence-electron chi connectivity index (χ1n) is 10.6. The van der Waals surface area contributed by atoms with Crippen molar-refractivity contribution in [3.8, 4) is 11.5 Å². The van der Waals surface area contributed by atoms with Crippen LogP contribution in [0.4, 0.5) is 0 Å². The van der Waals surface area contributed by atoms with E-state index < -0.39 is 0 Å². The summed E-state index contributed by atoms with van der Waals surface area (Å²) in [6.07, 6.45) is 3.50. The van der Waals surface area contributed by atoms with Gasteiger partial charge in [-0.25, -0.2) is 0 Å². The summed E-state index contributed by atoms with van der Waals surface area (Å²) < 4.78 is 11.7. The van der Waals surface area contributed by atoms with Gasteiger partial charge in [-0.05, 0) is 31.9 Å². The lowest BCUT2D eigenvalue weighted by molar-refractivity contribution is -0.141. The van der Waals surface area contributed by atoms with Crippen molar-refractivity contribution in [2.75, 3.05) is 26.2 Å². The van der Waals surface area contributed by atoms with Gasteiger partial charge in [0.05, 0.1) is 18.4 Å². The van der Waals surface area contributed by atoms with Crippen molar-refractivity contribution < 1.29 is 23.9 Å². The molecule has 3 amide bonds. The van der Waals surface area contributed by atoms with Crippen molar-refractivity contribution in [3.63, 3.8) is 0 Å². The van der Waals surface area contributed by atoms with Crippen molar-refractivity contribution in [3.05, 3.63) is 24.3 Å². The Balaban J connectivity index is 1.31. The molecule has 0 aromatic heterocycles. The molecule has 4 rings (SSSR count). The number of benzene rings is 1. The summed E-state index contributed by atoms with van der Waals surface area (Å²) in [5.41, 5.74) is 0. The monoisotopic (exact) mass is 400 g/mol. The van der Waals surface area contributed by atoms with Crippen LogP contribution in [0.2, 0.25) is 0 Å². The molecule has 156 valence electrons. The van der Waals surface area contributed by atoms with Gasteiger partial charge in [0.2, 0.25) is 17.7 Å². The average molecular weight is 400 g/mol. The number of likely N-dealkylation sites (tertiary alicyclic amines) is 1. The maximum atomic E-state index is 12.8. The maximum absolute atomic E-state index is 12.8. The number of carbonyl (C=O) groups is 3. The molecule has 0 bridgehead atoms. The number of ether oxygens (including phenoxy) is 2. The minimum atomic E-state index is -0.244. The molecule has 3 aliphatic rings. The second kappa shape index (κ2) is 8.43. The zero-order valence-electron chi connectivity index (χ0n) is 16.8. The van der Waals surface area contributed by atoms with Crippen LogP contribution in [-0.4, -0.2) is 59.9 Å². The van der Waals surface area contributed by atoms with E-state index in [0.717, 1.165) is 25.7 Å². The molecule has 3 unspecified atom stereocenters. The normalized spacial score (nSPS) is 25.7. The van der Waals surface area contributed by atoms with Crippen molar-refractivity contribution >= 4 is 17.7 Å². The highest BCUT2D eigenvalue weighted by atomic mass is 16.6. The second-order valence-electron chi connectivity index (χ2n) is 8.01. The van der Waals surface area contributed by atoms with E-state index >= 15 is 0 Å². The Labute approximate surface area is 170 Å². The topological polar surface area (TPSA) is 76.2 Å². The van der Waals surface area contributed by atoms with E-state index in [0.29, 0.717) is 31.2 Å². The summed E-state index contributed by atoms with van der Waals surface area (Å²) in [5, 5.41) is 0. The Bertz CT molecular complexity index is 771. The van der Waals surface area contributed by atoms with Gasteiger partial charge in [0.25, 0.3) is 0 Å². The lowest BCUT2D eigenvalue weighted by atomic mass is 9.81. The van der Waals surface area contributed by atoms with E-state index in [1.54, 1.807) is 4.90 Å². The Morgan fingerprint density at radius 3 is 2.41 bits per heavy atom. The summed E-state index contributed by atoms with van der Waals surface area (Å²) in [6, 6.07) is 7.48. The Kier molecular flexibility index (Phi) is 5.74. The van der Waals surface area contributed by atoms with Gasteiger partial charge in [-0.15, -0.1) is 0 Å². The van der Waals surface area contributed by atoms with Crippen LogP contribution >= 0.6 is 0 Å². The summed E-state index contributed by atoms with van der Waals surface area (Å²) in [6.45, 7) is 3.42. The first-order valence-corrected chi connectivity index (χ1v) is 10.6. The summed E-state index contributed by atoms with van der Waals surface area (Å²) in [7, 11) is 0. The lowest BCUT2D eigenvalue weighted by Crippen LogP contribution is -2.44. The van der Waals surface area contributed by atoms with Gasteiger partial charge in [0, 0.05) is 19.5 Å². The van der Waals surface area contributed by atoms with Gasteiger partial charge >= 0.3 is 0 Å². The fraction of sp³-hybridized carbons (Fsp3) is 0.591. The van der Waals surface area contributed by atoms with Gasteiger partial charge in [0.1, 0.15) is 6.61 Å². The van der Waals surface area contributed by atoms with Crippen LogP contribution < -0.4 is 9.47 Å². The van der Waals surface area contributed by atoms with Gasteiger partial charge in [-0.3, -0.25) is 19.3 Å². The molecule has 3 atom stereocenters. The van der Waals surface area contributed by atoms with Gasteiger partial charge in [-0.1, -0.05) is 25.0 Å². The number of hydrogen-bond acceptors (Lipinski definition) is 5. The molecule has 1 aromatic rings. The first-order chi connectivity index (χ1) is 14.1. The fourth-order valence-electron chi connectivity index (χ4n) is 4.62. The molecular weight excluding hydrogens is 372 g/mol. The van der Waals surface area contributed by atoms with Crippen molar-refractivity contribution in [2.24, 2.45) is 11.8 Å². The van der Waals surface area contributed by atoms with E-state index in [2.05, 4.69) is 0 Å². The molecule has 2 fully saturated rings. The zero-order chi connectivity index (χ0) is 20.4. The quantitative estimate of drug-likeness (QED) is 0.685. The molecule has 2 aliphatic heterocycles. The molecule has 7 nitrogen and oxygen atoms in total. The molecule has 7 heteroatoms.